The lowest BCUT2D eigenvalue weighted by Gasteiger charge is -2.19. The molecule has 0 heterocycles. The van der Waals surface area contributed by atoms with Crippen LogP contribution < -0.4 is 5.32 Å². The van der Waals surface area contributed by atoms with Gasteiger partial charge in [0.25, 0.3) is 0 Å². The van der Waals surface area contributed by atoms with Gasteiger partial charge in [0.2, 0.25) is 0 Å². The molecule has 0 unspecified atom stereocenters. The van der Waals surface area contributed by atoms with Crippen LogP contribution in [0, 0.1) is 11.3 Å². The number of hydrogen-bond donors (Lipinski definition) is 2. The highest BCUT2D eigenvalue weighted by Gasteiger charge is 2.44. The van der Waals surface area contributed by atoms with E-state index in [0.29, 0.717) is 11.3 Å². The first-order valence-electron chi connectivity index (χ1n) is 4.49. The van der Waals surface area contributed by atoms with E-state index in [1.807, 2.05) is 0 Å². The summed E-state index contributed by atoms with van der Waals surface area (Å²) < 4.78 is 0. The number of carboxylic acids is 1. The average molecular weight is 171 g/mol. The van der Waals surface area contributed by atoms with Crippen molar-refractivity contribution in [1.82, 2.24) is 5.32 Å². The molecule has 0 atom stereocenters. The maximum atomic E-state index is 10.2. The number of aliphatic carboxylic acids is 1. The summed E-state index contributed by atoms with van der Waals surface area (Å²) in [6.07, 6.45) is 2.49. The van der Waals surface area contributed by atoms with E-state index in [9.17, 15) is 4.79 Å². The number of rotatable bonds is 5. The molecule has 0 spiro atoms. The van der Waals surface area contributed by atoms with Gasteiger partial charge in [0.15, 0.2) is 0 Å². The number of carbonyl (C=O) groups is 1. The molecule has 0 aromatic carbocycles. The van der Waals surface area contributed by atoms with Gasteiger partial charge >= 0.3 is 5.97 Å². The molecule has 1 aliphatic carbocycles. The van der Waals surface area contributed by atoms with Crippen LogP contribution in [0.4, 0.5) is 0 Å². The molecular weight excluding hydrogens is 154 g/mol. The second kappa shape index (κ2) is 3.44. The van der Waals surface area contributed by atoms with Crippen LogP contribution in [0.3, 0.4) is 0 Å². The molecule has 70 valence electrons. The third kappa shape index (κ3) is 2.21. The van der Waals surface area contributed by atoms with Crippen molar-refractivity contribution in [3.8, 4) is 0 Å². The van der Waals surface area contributed by atoms with Crippen molar-refractivity contribution >= 4 is 5.97 Å². The molecule has 1 aliphatic rings. The van der Waals surface area contributed by atoms with Gasteiger partial charge in [-0.15, -0.1) is 0 Å². The van der Waals surface area contributed by atoms with E-state index >= 15 is 0 Å². The van der Waals surface area contributed by atoms with Gasteiger partial charge in [-0.3, -0.25) is 4.79 Å². The van der Waals surface area contributed by atoms with Crippen LogP contribution in [0.1, 0.15) is 26.7 Å². The average Bonchev–Trinajstić information content (AvgIpc) is 2.68. The fraction of sp³-hybridized carbons (Fsp3) is 0.889. The van der Waals surface area contributed by atoms with Crippen LogP contribution in [-0.4, -0.2) is 24.2 Å². The largest absolute Gasteiger partial charge is 0.480 e. The van der Waals surface area contributed by atoms with E-state index in [1.165, 1.54) is 12.8 Å². The molecule has 12 heavy (non-hydrogen) atoms. The van der Waals surface area contributed by atoms with Gasteiger partial charge in [-0.2, -0.15) is 0 Å². The summed E-state index contributed by atoms with van der Waals surface area (Å²) in [5, 5.41) is 11.4. The van der Waals surface area contributed by atoms with Crippen LogP contribution >= 0.6 is 0 Å². The lowest BCUT2D eigenvalue weighted by molar-refractivity contribution is -0.136. The van der Waals surface area contributed by atoms with Gasteiger partial charge in [0.05, 0.1) is 6.54 Å². The van der Waals surface area contributed by atoms with Crippen LogP contribution in [-0.2, 0) is 4.79 Å². The van der Waals surface area contributed by atoms with E-state index in [1.54, 1.807) is 0 Å². The van der Waals surface area contributed by atoms with E-state index in [-0.39, 0.29) is 6.54 Å². The summed E-state index contributed by atoms with van der Waals surface area (Å²) in [7, 11) is 0. The molecular formula is C9H17NO2. The van der Waals surface area contributed by atoms with E-state index in [0.717, 1.165) is 6.54 Å². The SMILES string of the molecule is CC(C)C1(CNCC(=O)O)CC1. The summed E-state index contributed by atoms with van der Waals surface area (Å²) in [5.41, 5.74) is 0.412. The van der Waals surface area contributed by atoms with E-state index in [2.05, 4.69) is 19.2 Å². The zero-order valence-electron chi connectivity index (χ0n) is 7.76. The molecule has 0 amide bonds. The molecule has 2 N–H and O–H groups in total. The van der Waals surface area contributed by atoms with Gasteiger partial charge in [-0.1, -0.05) is 13.8 Å². The molecule has 0 aliphatic heterocycles. The molecule has 0 saturated heterocycles. The first kappa shape index (κ1) is 9.52. The second-order valence-electron chi connectivity index (χ2n) is 4.01. The Balaban J connectivity index is 2.18. The zero-order chi connectivity index (χ0) is 9.19. The summed E-state index contributed by atoms with van der Waals surface area (Å²) in [6, 6.07) is 0. The monoisotopic (exact) mass is 171 g/mol. The van der Waals surface area contributed by atoms with Crippen molar-refractivity contribution in [2.75, 3.05) is 13.1 Å². The fourth-order valence-electron chi connectivity index (χ4n) is 1.54. The third-order valence-corrected chi connectivity index (χ3v) is 2.87. The van der Waals surface area contributed by atoms with Crippen molar-refractivity contribution in [3.63, 3.8) is 0 Å². The quantitative estimate of drug-likeness (QED) is 0.651. The highest BCUT2D eigenvalue weighted by atomic mass is 16.4. The predicted molar refractivity (Wildman–Crippen MR) is 47.0 cm³/mol. The Morgan fingerprint density at radius 3 is 2.50 bits per heavy atom. The topological polar surface area (TPSA) is 49.3 Å². The van der Waals surface area contributed by atoms with Gasteiger partial charge in [0.1, 0.15) is 0 Å². The Morgan fingerprint density at radius 1 is 1.58 bits per heavy atom. The van der Waals surface area contributed by atoms with Crippen molar-refractivity contribution in [2.45, 2.75) is 26.7 Å². The van der Waals surface area contributed by atoms with Crippen molar-refractivity contribution in [3.05, 3.63) is 0 Å². The second-order valence-corrected chi connectivity index (χ2v) is 4.01. The van der Waals surface area contributed by atoms with Crippen molar-refractivity contribution in [1.29, 1.82) is 0 Å². The fourth-order valence-corrected chi connectivity index (χ4v) is 1.54. The lowest BCUT2D eigenvalue weighted by Crippen LogP contribution is -2.31. The third-order valence-electron chi connectivity index (χ3n) is 2.87. The first-order chi connectivity index (χ1) is 5.57. The van der Waals surface area contributed by atoms with Crippen molar-refractivity contribution < 1.29 is 9.90 Å². The van der Waals surface area contributed by atoms with Crippen LogP contribution in [0.2, 0.25) is 0 Å². The normalized spacial score (nSPS) is 19.6. The van der Waals surface area contributed by atoms with Gasteiger partial charge in [-0.25, -0.2) is 0 Å². The summed E-state index contributed by atoms with van der Waals surface area (Å²) in [5.74, 6) is -0.103. The Bertz CT molecular complexity index is 173. The highest BCUT2D eigenvalue weighted by molar-refractivity contribution is 5.68. The van der Waals surface area contributed by atoms with Gasteiger partial charge in [-0.05, 0) is 24.2 Å². The minimum atomic E-state index is -0.769. The minimum absolute atomic E-state index is 0.0917. The first-order valence-corrected chi connectivity index (χ1v) is 4.49. The number of hydrogen-bond acceptors (Lipinski definition) is 2. The molecule has 1 fully saturated rings. The molecule has 1 rings (SSSR count). The highest BCUT2D eigenvalue weighted by Crippen LogP contribution is 2.51. The molecule has 0 radical (unpaired) electrons. The Morgan fingerprint density at radius 2 is 2.17 bits per heavy atom. The van der Waals surface area contributed by atoms with Gasteiger partial charge < -0.3 is 10.4 Å². The molecule has 3 nitrogen and oxygen atoms in total. The molecule has 0 aromatic heterocycles. The molecule has 3 heteroatoms. The van der Waals surface area contributed by atoms with Crippen molar-refractivity contribution in [2.24, 2.45) is 11.3 Å². The van der Waals surface area contributed by atoms with Crippen LogP contribution in [0.5, 0.6) is 0 Å². The molecule has 0 aromatic rings. The predicted octanol–water partition coefficient (Wildman–Crippen LogP) is 1.10. The molecule has 0 bridgehead atoms. The minimum Gasteiger partial charge on any atom is -0.480 e. The van der Waals surface area contributed by atoms with E-state index < -0.39 is 5.97 Å². The Labute approximate surface area is 73.2 Å². The van der Waals surface area contributed by atoms with E-state index in [4.69, 9.17) is 5.11 Å². The zero-order valence-corrected chi connectivity index (χ0v) is 7.76. The standard InChI is InChI=1S/C9H17NO2/c1-7(2)9(3-4-9)6-10-5-8(11)12/h7,10H,3-6H2,1-2H3,(H,11,12). The summed E-state index contributed by atoms with van der Waals surface area (Å²) in [6.45, 7) is 5.36. The van der Waals surface area contributed by atoms with Crippen LogP contribution in [0.15, 0.2) is 0 Å². The van der Waals surface area contributed by atoms with Gasteiger partial charge in [0, 0.05) is 6.54 Å². The summed E-state index contributed by atoms with van der Waals surface area (Å²) >= 11 is 0. The number of carboxylic acid groups (broad SMARTS) is 1. The molecule has 1 saturated carbocycles. The maximum Gasteiger partial charge on any atom is 0.317 e. The Hall–Kier alpha value is -0.570. The summed E-state index contributed by atoms with van der Waals surface area (Å²) in [4.78, 5) is 10.2. The maximum absolute atomic E-state index is 10.2. The lowest BCUT2D eigenvalue weighted by atomic mass is 9.92. The Kier molecular flexibility index (Phi) is 2.73. The van der Waals surface area contributed by atoms with Crippen LogP contribution in [0.25, 0.3) is 0 Å². The number of nitrogens with one attached hydrogen (secondary N) is 1. The smallest absolute Gasteiger partial charge is 0.317 e.